The van der Waals surface area contributed by atoms with E-state index in [9.17, 15) is 4.79 Å². The van der Waals surface area contributed by atoms with Crippen LogP contribution in [0.15, 0.2) is 29.7 Å². The fraction of sp³-hybridized carbons (Fsp3) is 0.632. The van der Waals surface area contributed by atoms with Crippen molar-refractivity contribution >= 4 is 0 Å². The molecule has 0 aliphatic heterocycles. The van der Waals surface area contributed by atoms with E-state index >= 15 is 0 Å². The molecule has 0 unspecified atom stereocenters. The Bertz CT molecular complexity index is 547. The van der Waals surface area contributed by atoms with Crippen LogP contribution in [0.1, 0.15) is 73.6 Å². The number of nitrogens with one attached hydrogen (secondary N) is 1. The first-order chi connectivity index (χ1) is 12.2. The van der Waals surface area contributed by atoms with Crippen molar-refractivity contribution in [2.45, 2.75) is 73.6 Å². The molecule has 0 aliphatic rings. The molecule has 6 nitrogen and oxygen atoms in total. The molecule has 0 radical (unpaired) electrons. The minimum absolute atomic E-state index is 0.317. The van der Waals surface area contributed by atoms with Gasteiger partial charge >= 0.3 is 0 Å². The largest absolute Gasteiger partial charge is 0.493 e. The highest BCUT2D eigenvalue weighted by molar-refractivity contribution is 5.42. The van der Waals surface area contributed by atoms with Crippen LogP contribution in [0.4, 0.5) is 0 Å². The summed E-state index contributed by atoms with van der Waals surface area (Å²) in [6.45, 7) is 12.7. The number of H-pyrrole nitrogens is 1. The first-order valence-electron chi connectivity index (χ1n) is 9.26. The van der Waals surface area contributed by atoms with Gasteiger partial charge in [-0.05, 0) is 0 Å². The Morgan fingerprint density at radius 2 is 1.68 bits per heavy atom. The summed E-state index contributed by atoms with van der Waals surface area (Å²) in [7, 11) is 1.48. The molecule has 0 saturated carbocycles. The number of nitrogens with zero attached hydrogens (tertiary/aromatic N) is 3. The molecule has 2 rings (SSSR count). The fourth-order valence-corrected chi connectivity index (χ4v) is 1.66. The Hall–Kier alpha value is -2.11. The molecule has 2 aromatic rings. The van der Waals surface area contributed by atoms with Crippen LogP contribution in [0.3, 0.4) is 0 Å². The van der Waals surface area contributed by atoms with Crippen molar-refractivity contribution in [3.05, 3.63) is 35.3 Å². The maximum atomic E-state index is 11.5. The van der Waals surface area contributed by atoms with Crippen LogP contribution < -0.4 is 10.3 Å². The van der Waals surface area contributed by atoms with E-state index in [1.54, 1.807) is 17.0 Å². The van der Waals surface area contributed by atoms with Crippen LogP contribution in [0.25, 0.3) is 5.69 Å². The summed E-state index contributed by atoms with van der Waals surface area (Å²) in [4.78, 5) is 15.3. The van der Waals surface area contributed by atoms with Crippen LogP contribution in [-0.4, -0.2) is 26.9 Å². The number of rotatable bonds is 5. The van der Waals surface area contributed by atoms with Gasteiger partial charge in [-0.15, -0.1) is 0 Å². The number of hydrogen-bond donors (Lipinski definition) is 1. The Kier molecular flexibility index (Phi) is 18.3. The number of hydrogen-bond acceptors (Lipinski definition) is 4. The average molecular weight is 353 g/mol. The molecular weight excluding hydrogens is 316 g/mol. The second-order valence-corrected chi connectivity index (χ2v) is 5.00. The molecular formula is C19H36N4O2. The van der Waals surface area contributed by atoms with Gasteiger partial charge in [-0.3, -0.25) is 9.36 Å². The summed E-state index contributed by atoms with van der Waals surface area (Å²) in [5.41, 5.74) is 0.0577. The number of aromatic nitrogens is 4. The average Bonchev–Trinajstić information content (AvgIpc) is 3.16. The normalized spacial score (nSPS) is 8.76. The van der Waals surface area contributed by atoms with E-state index in [-0.39, 0.29) is 5.56 Å². The van der Waals surface area contributed by atoms with Crippen molar-refractivity contribution in [3.8, 4) is 11.4 Å². The van der Waals surface area contributed by atoms with Crippen molar-refractivity contribution in [3.63, 3.8) is 0 Å². The number of ether oxygens (including phenoxy) is 1. The third-order valence-electron chi connectivity index (χ3n) is 2.74. The first kappa shape index (κ1) is 25.1. The topological polar surface area (TPSA) is 72.8 Å². The van der Waals surface area contributed by atoms with E-state index < -0.39 is 0 Å². The van der Waals surface area contributed by atoms with E-state index in [0.717, 1.165) is 0 Å². The van der Waals surface area contributed by atoms with Crippen molar-refractivity contribution in [1.29, 1.82) is 0 Å². The second kappa shape index (κ2) is 18.2. The van der Waals surface area contributed by atoms with Crippen LogP contribution in [0.2, 0.25) is 0 Å². The first-order valence-corrected chi connectivity index (χ1v) is 9.26. The maximum absolute atomic E-state index is 11.5. The molecule has 0 amide bonds. The van der Waals surface area contributed by atoms with E-state index in [0.29, 0.717) is 11.4 Å². The van der Waals surface area contributed by atoms with Crippen LogP contribution in [0.5, 0.6) is 5.75 Å². The molecule has 0 bridgehead atoms. The summed E-state index contributed by atoms with van der Waals surface area (Å²) in [5.74, 6) is 0.409. The zero-order chi connectivity index (χ0) is 19.5. The van der Waals surface area contributed by atoms with Crippen LogP contribution in [-0.2, 0) is 0 Å². The van der Waals surface area contributed by atoms with Gasteiger partial charge in [0.1, 0.15) is 0 Å². The number of imidazole rings is 1. The molecule has 6 heteroatoms. The maximum Gasteiger partial charge on any atom is 0.292 e. The number of aromatic amines is 1. The summed E-state index contributed by atoms with van der Waals surface area (Å²) in [5, 5.41) is 5.96. The molecule has 1 N–H and O–H groups in total. The van der Waals surface area contributed by atoms with Gasteiger partial charge in [0.25, 0.3) is 5.56 Å². The third-order valence-corrected chi connectivity index (χ3v) is 2.74. The van der Waals surface area contributed by atoms with Gasteiger partial charge in [0, 0.05) is 12.4 Å². The van der Waals surface area contributed by atoms with Gasteiger partial charge < -0.3 is 4.74 Å². The van der Waals surface area contributed by atoms with Gasteiger partial charge in [0.05, 0.1) is 19.6 Å². The third kappa shape index (κ3) is 11.1. The van der Waals surface area contributed by atoms with Crippen LogP contribution in [0, 0.1) is 0 Å². The molecule has 0 fully saturated rings. The summed E-state index contributed by atoms with van der Waals surface area (Å²) in [6.07, 6.45) is 13.0. The standard InChI is InChI=1S/C8H8N4O2.C6H14.C3H8.C2H6/c1-14-6-4-10-11-8(13)7(6)12-3-2-9-5-12;1-3-5-6-4-2;1-3-2;1-2/h2-5H,1H3,(H,11,13);3-6H2,1-2H3;3H2,1-2H3;1-2H3. The zero-order valence-electron chi connectivity index (χ0n) is 17.0. The van der Waals surface area contributed by atoms with Gasteiger partial charge in [0.2, 0.25) is 0 Å². The monoisotopic (exact) mass is 352 g/mol. The molecule has 2 aromatic heterocycles. The lowest BCUT2D eigenvalue weighted by Crippen LogP contribution is -2.16. The lowest BCUT2D eigenvalue weighted by Gasteiger charge is -2.05. The number of methoxy groups -OCH3 is 1. The summed E-state index contributed by atoms with van der Waals surface area (Å²) >= 11 is 0. The van der Waals surface area contributed by atoms with Gasteiger partial charge in [-0.2, -0.15) is 5.10 Å². The predicted molar refractivity (Wildman–Crippen MR) is 106 cm³/mol. The van der Waals surface area contributed by atoms with Crippen LogP contribution >= 0.6 is 0 Å². The molecule has 144 valence electrons. The van der Waals surface area contributed by atoms with E-state index in [4.69, 9.17) is 4.74 Å². The van der Waals surface area contributed by atoms with Gasteiger partial charge in [0.15, 0.2) is 11.4 Å². The van der Waals surface area contributed by atoms with Crippen molar-refractivity contribution in [2.75, 3.05) is 7.11 Å². The Labute approximate surface area is 152 Å². The highest BCUT2D eigenvalue weighted by Gasteiger charge is 2.09. The smallest absolute Gasteiger partial charge is 0.292 e. The Morgan fingerprint density at radius 3 is 2.08 bits per heavy atom. The van der Waals surface area contributed by atoms with Crippen molar-refractivity contribution in [2.24, 2.45) is 0 Å². The lowest BCUT2D eigenvalue weighted by atomic mass is 10.2. The zero-order valence-corrected chi connectivity index (χ0v) is 17.0. The summed E-state index contributed by atoms with van der Waals surface area (Å²) < 4.78 is 6.59. The van der Waals surface area contributed by atoms with Crippen molar-refractivity contribution in [1.82, 2.24) is 19.7 Å². The highest BCUT2D eigenvalue weighted by Crippen LogP contribution is 2.15. The van der Waals surface area contributed by atoms with Gasteiger partial charge in [-0.1, -0.05) is 73.6 Å². The highest BCUT2D eigenvalue weighted by atomic mass is 16.5. The minimum Gasteiger partial charge on any atom is -0.493 e. The molecule has 0 spiro atoms. The molecule has 0 atom stereocenters. The Morgan fingerprint density at radius 1 is 1.12 bits per heavy atom. The van der Waals surface area contributed by atoms with Crippen molar-refractivity contribution < 1.29 is 4.74 Å². The minimum atomic E-state index is -0.317. The molecule has 0 saturated heterocycles. The van der Waals surface area contributed by atoms with E-state index in [1.807, 2.05) is 13.8 Å². The molecule has 0 aromatic carbocycles. The SMILES string of the molecule is CC.CCC.CCCCCC.COc1cn[nH]c(=O)c1-n1ccnc1. The number of unbranched alkanes of at least 4 members (excludes halogenated alkanes) is 3. The Balaban J connectivity index is 0. The molecule has 2 heterocycles. The van der Waals surface area contributed by atoms with Gasteiger partial charge in [-0.25, -0.2) is 10.1 Å². The molecule has 25 heavy (non-hydrogen) atoms. The quantitative estimate of drug-likeness (QED) is 0.769. The predicted octanol–water partition coefficient (Wildman–Crippen LogP) is 4.99. The lowest BCUT2D eigenvalue weighted by molar-refractivity contribution is 0.408. The van der Waals surface area contributed by atoms with E-state index in [2.05, 4.69) is 42.9 Å². The molecule has 0 aliphatic carbocycles. The fourth-order valence-electron chi connectivity index (χ4n) is 1.66. The van der Waals surface area contributed by atoms with E-state index in [1.165, 1.54) is 51.7 Å². The summed E-state index contributed by atoms with van der Waals surface area (Å²) in [6, 6.07) is 0. The second-order valence-electron chi connectivity index (χ2n) is 5.00.